The van der Waals surface area contributed by atoms with Crippen LogP contribution in [0.5, 0.6) is 11.5 Å². The van der Waals surface area contributed by atoms with Crippen molar-refractivity contribution < 1.29 is 15.0 Å². The number of aromatic hydroxyl groups is 2. The molecule has 0 unspecified atom stereocenters. The fraction of sp³-hybridized carbons (Fsp3) is 0.150. The van der Waals surface area contributed by atoms with E-state index in [-0.39, 0.29) is 17.3 Å². The number of phenolic OH excluding ortho intramolecular Hbond substituents is 2. The third-order valence-corrected chi connectivity index (χ3v) is 4.24. The number of ketones is 1. The number of allylic oxidation sites excluding steroid dienone is 2. The summed E-state index contributed by atoms with van der Waals surface area (Å²) >= 11 is 0. The van der Waals surface area contributed by atoms with Crippen molar-refractivity contribution >= 4 is 29.3 Å². The molecule has 0 amide bonds. The Labute approximate surface area is 145 Å². The van der Waals surface area contributed by atoms with Gasteiger partial charge in [0.2, 0.25) is 0 Å². The first kappa shape index (κ1) is 16.6. The Morgan fingerprint density at radius 2 is 1.24 bits per heavy atom. The summed E-state index contributed by atoms with van der Waals surface area (Å²) in [5.74, 6) is 0.0267. The molecule has 2 aromatic rings. The number of hydrogen-bond acceptors (Lipinski definition) is 5. The SMILES string of the molecule is Nc1ccc(C=C2CCCC(=Cc3ccc(N)cc3O)C2=O)c(O)c1. The Kier molecular flexibility index (Phi) is 4.48. The molecule has 5 heteroatoms. The highest BCUT2D eigenvalue weighted by molar-refractivity contribution is 6.14. The molecule has 0 bridgehead atoms. The van der Waals surface area contributed by atoms with Crippen LogP contribution in [-0.4, -0.2) is 16.0 Å². The highest BCUT2D eigenvalue weighted by Crippen LogP contribution is 2.32. The number of anilines is 2. The molecule has 2 aromatic carbocycles. The maximum atomic E-state index is 12.7. The minimum absolute atomic E-state index is 0.0487. The lowest BCUT2D eigenvalue weighted by Crippen LogP contribution is -2.12. The van der Waals surface area contributed by atoms with Gasteiger partial charge in [0.25, 0.3) is 0 Å². The molecule has 0 aromatic heterocycles. The Morgan fingerprint density at radius 1 is 0.800 bits per heavy atom. The van der Waals surface area contributed by atoms with Crippen LogP contribution in [-0.2, 0) is 4.79 Å². The lowest BCUT2D eigenvalue weighted by atomic mass is 9.86. The summed E-state index contributed by atoms with van der Waals surface area (Å²) in [7, 11) is 0. The van der Waals surface area contributed by atoms with E-state index in [2.05, 4.69) is 0 Å². The summed E-state index contributed by atoms with van der Waals surface area (Å²) in [6.07, 6.45) is 5.52. The zero-order chi connectivity index (χ0) is 18.0. The molecular formula is C20H20N2O3. The lowest BCUT2D eigenvalue weighted by molar-refractivity contribution is -0.112. The second-order valence-electron chi connectivity index (χ2n) is 6.16. The van der Waals surface area contributed by atoms with Crippen molar-refractivity contribution in [3.8, 4) is 11.5 Å². The van der Waals surface area contributed by atoms with Gasteiger partial charge in [-0.2, -0.15) is 0 Å². The molecule has 6 N–H and O–H groups in total. The molecule has 1 fully saturated rings. The second kappa shape index (κ2) is 6.73. The van der Waals surface area contributed by atoms with E-state index in [1.807, 2.05) is 0 Å². The summed E-state index contributed by atoms with van der Waals surface area (Å²) in [4.78, 5) is 12.7. The first-order chi connectivity index (χ1) is 11.9. The van der Waals surface area contributed by atoms with Crippen LogP contribution in [0.3, 0.4) is 0 Å². The highest BCUT2D eigenvalue weighted by Gasteiger charge is 2.21. The van der Waals surface area contributed by atoms with Gasteiger partial charge in [0, 0.05) is 45.8 Å². The number of carbonyl (C=O) groups excluding carboxylic acids is 1. The van der Waals surface area contributed by atoms with E-state index in [0.717, 1.165) is 6.42 Å². The van der Waals surface area contributed by atoms with Gasteiger partial charge < -0.3 is 21.7 Å². The van der Waals surface area contributed by atoms with Crippen LogP contribution in [0.4, 0.5) is 11.4 Å². The molecular weight excluding hydrogens is 316 g/mol. The molecule has 25 heavy (non-hydrogen) atoms. The quantitative estimate of drug-likeness (QED) is 0.496. The van der Waals surface area contributed by atoms with Gasteiger partial charge in [0.15, 0.2) is 5.78 Å². The van der Waals surface area contributed by atoms with Crippen molar-refractivity contribution in [2.75, 3.05) is 11.5 Å². The van der Waals surface area contributed by atoms with E-state index in [0.29, 0.717) is 46.5 Å². The summed E-state index contributed by atoms with van der Waals surface area (Å²) in [5.41, 5.74) is 14.6. The van der Waals surface area contributed by atoms with Crippen molar-refractivity contribution in [3.63, 3.8) is 0 Å². The second-order valence-corrected chi connectivity index (χ2v) is 6.16. The van der Waals surface area contributed by atoms with E-state index in [4.69, 9.17) is 11.5 Å². The van der Waals surface area contributed by atoms with Crippen LogP contribution in [0.15, 0.2) is 47.5 Å². The van der Waals surface area contributed by atoms with Crippen LogP contribution in [0, 0.1) is 0 Å². The van der Waals surface area contributed by atoms with Crippen molar-refractivity contribution in [3.05, 3.63) is 58.7 Å². The third kappa shape index (κ3) is 3.66. The first-order valence-corrected chi connectivity index (χ1v) is 8.07. The molecule has 0 aliphatic heterocycles. The molecule has 5 nitrogen and oxygen atoms in total. The number of phenols is 2. The molecule has 0 spiro atoms. The minimum Gasteiger partial charge on any atom is -0.507 e. The summed E-state index contributed by atoms with van der Waals surface area (Å²) in [6, 6.07) is 9.67. The Morgan fingerprint density at radius 3 is 1.64 bits per heavy atom. The maximum Gasteiger partial charge on any atom is 0.185 e. The number of hydrogen-bond donors (Lipinski definition) is 4. The van der Waals surface area contributed by atoms with Gasteiger partial charge in [-0.15, -0.1) is 0 Å². The first-order valence-electron chi connectivity index (χ1n) is 8.07. The van der Waals surface area contributed by atoms with Crippen molar-refractivity contribution in [1.29, 1.82) is 0 Å². The molecule has 1 aliphatic carbocycles. The van der Waals surface area contributed by atoms with Gasteiger partial charge in [-0.3, -0.25) is 4.79 Å². The number of nitrogens with two attached hydrogens (primary N) is 2. The summed E-state index contributed by atoms with van der Waals surface area (Å²) in [6.45, 7) is 0. The molecule has 3 rings (SSSR count). The normalized spacial score (nSPS) is 18.0. The highest BCUT2D eigenvalue weighted by atomic mass is 16.3. The zero-order valence-corrected chi connectivity index (χ0v) is 13.7. The third-order valence-electron chi connectivity index (χ3n) is 4.24. The van der Waals surface area contributed by atoms with E-state index in [9.17, 15) is 15.0 Å². The summed E-state index contributed by atoms with van der Waals surface area (Å²) in [5, 5.41) is 20.0. The van der Waals surface area contributed by atoms with E-state index in [1.165, 1.54) is 12.1 Å². The van der Waals surface area contributed by atoms with Crippen molar-refractivity contribution in [2.24, 2.45) is 0 Å². The number of Topliss-reactive ketones (excluding diaryl/α,β-unsaturated/α-hetero) is 1. The molecule has 0 atom stereocenters. The topological polar surface area (TPSA) is 110 Å². The Bertz CT molecular complexity index is 826. The van der Waals surface area contributed by atoms with Crippen LogP contribution in [0.1, 0.15) is 30.4 Å². The van der Waals surface area contributed by atoms with Crippen LogP contribution < -0.4 is 11.5 Å². The van der Waals surface area contributed by atoms with Gasteiger partial charge >= 0.3 is 0 Å². The monoisotopic (exact) mass is 336 g/mol. The van der Waals surface area contributed by atoms with E-state index in [1.54, 1.807) is 36.4 Å². The summed E-state index contributed by atoms with van der Waals surface area (Å²) < 4.78 is 0. The fourth-order valence-corrected chi connectivity index (χ4v) is 2.92. The largest absolute Gasteiger partial charge is 0.507 e. The molecule has 128 valence electrons. The van der Waals surface area contributed by atoms with Crippen molar-refractivity contribution in [1.82, 2.24) is 0 Å². The van der Waals surface area contributed by atoms with Gasteiger partial charge in [0.1, 0.15) is 11.5 Å². The van der Waals surface area contributed by atoms with E-state index < -0.39 is 0 Å². The zero-order valence-electron chi connectivity index (χ0n) is 13.7. The van der Waals surface area contributed by atoms with Crippen molar-refractivity contribution in [2.45, 2.75) is 19.3 Å². The van der Waals surface area contributed by atoms with E-state index >= 15 is 0 Å². The standard InChI is InChI=1S/C20H20N2O3/c21-16-6-4-12(18(23)10-16)8-14-2-1-3-15(20(14)25)9-13-5-7-17(22)11-19(13)24/h4-11,23-24H,1-3,21-22H2. The maximum absolute atomic E-state index is 12.7. The van der Waals surface area contributed by atoms with Gasteiger partial charge in [-0.25, -0.2) is 0 Å². The van der Waals surface area contributed by atoms with Crippen LogP contribution in [0.25, 0.3) is 12.2 Å². The molecule has 0 radical (unpaired) electrons. The van der Waals surface area contributed by atoms with Gasteiger partial charge in [-0.1, -0.05) is 0 Å². The van der Waals surface area contributed by atoms with Gasteiger partial charge in [0.05, 0.1) is 0 Å². The molecule has 1 saturated carbocycles. The van der Waals surface area contributed by atoms with Crippen LogP contribution >= 0.6 is 0 Å². The Hall–Kier alpha value is -3.21. The molecule has 0 heterocycles. The number of carbonyl (C=O) groups is 1. The predicted molar refractivity (Wildman–Crippen MR) is 99.9 cm³/mol. The number of nitrogen functional groups attached to an aromatic ring is 2. The predicted octanol–water partition coefficient (Wildman–Crippen LogP) is 3.48. The average molecular weight is 336 g/mol. The Balaban J connectivity index is 1.93. The molecule has 0 saturated heterocycles. The minimum atomic E-state index is -0.0706. The van der Waals surface area contributed by atoms with Gasteiger partial charge in [-0.05, 0) is 55.7 Å². The smallest absolute Gasteiger partial charge is 0.185 e. The number of benzene rings is 2. The fourth-order valence-electron chi connectivity index (χ4n) is 2.92. The average Bonchev–Trinajstić information content (AvgIpc) is 2.56. The van der Waals surface area contributed by atoms with Crippen LogP contribution in [0.2, 0.25) is 0 Å². The number of rotatable bonds is 2. The molecule has 1 aliphatic rings. The lowest BCUT2D eigenvalue weighted by Gasteiger charge is -2.17.